The molecule has 6 nitrogen and oxygen atoms in total. The van der Waals surface area contributed by atoms with Gasteiger partial charge in [0.25, 0.3) is 0 Å². The maximum atomic E-state index is 12.2. The van der Waals surface area contributed by atoms with E-state index in [4.69, 9.17) is 4.74 Å². The second-order valence-corrected chi connectivity index (χ2v) is 8.28. The highest BCUT2D eigenvalue weighted by Gasteiger charge is 2.16. The lowest BCUT2D eigenvalue weighted by molar-refractivity contribution is -0.115. The van der Waals surface area contributed by atoms with Gasteiger partial charge in [-0.15, -0.1) is 0 Å². The molecule has 1 amide bonds. The average Bonchev–Trinajstić information content (AvgIpc) is 3.01. The van der Waals surface area contributed by atoms with Gasteiger partial charge < -0.3 is 10.1 Å². The van der Waals surface area contributed by atoms with Gasteiger partial charge in [-0.05, 0) is 55.3 Å². The molecule has 2 N–H and O–H groups in total. The van der Waals surface area contributed by atoms with Crippen LogP contribution in [0.15, 0.2) is 47.4 Å². The van der Waals surface area contributed by atoms with Crippen molar-refractivity contribution in [3.63, 3.8) is 0 Å². The smallest absolute Gasteiger partial charge is 0.240 e. The average molecular weight is 374 g/mol. The van der Waals surface area contributed by atoms with Crippen LogP contribution in [0.2, 0.25) is 0 Å². The van der Waals surface area contributed by atoms with Crippen molar-refractivity contribution in [2.24, 2.45) is 0 Å². The molecule has 0 saturated carbocycles. The van der Waals surface area contributed by atoms with Crippen LogP contribution in [0.1, 0.15) is 25.0 Å². The maximum Gasteiger partial charge on any atom is 0.240 e. The summed E-state index contributed by atoms with van der Waals surface area (Å²) in [5.41, 5.74) is 2.61. The van der Waals surface area contributed by atoms with Crippen molar-refractivity contribution in [1.82, 2.24) is 4.72 Å². The largest absolute Gasteiger partial charge is 0.493 e. The number of amides is 1. The number of benzene rings is 2. The van der Waals surface area contributed by atoms with Gasteiger partial charge in [0.2, 0.25) is 15.9 Å². The lowest BCUT2D eigenvalue weighted by atomic mass is 10.1. The van der Waals surface area contributed by atoms with Gasteiger partial charge in [0, 0.05) is 18.2 Å². The van der Waals surface area contributed by atoms with Crippen LogP contribution in [0.3, 0.4) is 0 Å². The highest BCUT2D eigenvalue weighted by Crippen LogP contribution is 2.26. The molecule has 0 fully saturated rings. The zero-order chi connectivity index (χ0) is 18.7. The van der Waals surface area contributed by atoms with Crippen molar-refractivity contribution in [3.8, 4) is 5.75 Å². The van der Waals surface area contributed by atoms with Gasteiger partial charge in [-0.1, -0.05) is 12.1 Å². The predicted octanol–water partition coefficient (Wildman–Crippen LogP) is 2.49. The summed E-state index contributed by atoms with van der Waals surface area (Å²) in [6, 6.07) is 11.7. The van der Waals surface area contributed by atoms with Crippen LogP contribution in [0.4, 0.5) is 5.69 Å². The molecule has 0 aromatic heterocycles. The van der Waals surface area contributed by atoms with E-state index in [-0.39, 0.29) is 23.3 Å². The molecule has 3 rings (SSSR count). The Balaban J connectivity index is 1.63. The first kappa shape index (κ1) is 18.4. The Labute approximate surface area is 153 Å². The molecule has 0 spiro atoms. The summed E-state index contributed by atoms with van der Waals surface area (Å²) in [4.78, 5) is 12.4. The van der Waals surface area contributed by atoms with Crippen molar-refractivity contribution in [3.05, 3.63) is 53.6 Å². The lowest BCUT2D eigenvalue weighted by Crippen LogP contribution is -2.30. The third kappa shape index (κ3) is 4.42. The Kier molecular flexibility index (Phi) is 5.29. The van der Waals surface area contributed by atoms with Gasteiger partial charge in [-0.2, -0.15) is 0 Å². The molecule has 0 atom stereocenters. The number of anilines is 1. The summed E-state index contributed by atoms with van der Waals surface area (Å²) in [6.07, 6.45) is 1.12. The first-order valence-corrected chi connectivity index (χ1v) is 9.99. The Bertz CT molecular complexity index is 906. The zero-order valence-corrected chi connectivity index (χ0v) is 15.6. The molecular formula is C19H22N2O4S. The molecule has 0 saturated heterocycles. The topological polar surface area (TPSA) is 84.5 Å². The molecule has 1 heterocycles. The van der Waals surface area contributed by atoms with Crippen molar-refractivity contribution >= 4 is 21.6 Å². The quantitative estimate of drug-likeness (QED) is 0.814. The highest BCUT2D eigenvalue weighted by atomic mass is 32.2. The highest BCUT2D eigenvalue weighted by molar-refractivity contribution is 7.89. The fraction of sp³-hybridized carbons (Fsp3) is 0.316. The van der Waals surface area contributed by atoms with E-state index in [0.717, 1.165) is 23.3 Å². The Hall–Kier alpha value is -2.38. The second kappa shape index (κ2) is 7.47. The van der Waals surface area contributed by atoms with Gasteiger partial charge in [0.15, 0.2) is 0 Å². The van der Waals surface area contributed by atoms with Crippen LogP contribution in [-0.4, -0.2) is 27.0 Å². The van der Waals surface area contributed by atoms with Crippen molar-refractivity contribution in [2.45, 2.75) is 37.6 Å². The second-order valence-electron chi connectivity index (χ2n) is 6.57. The van der Waals surface area contributed by atoms with E-state index in [2.05, 4.69) is 10.0 Å². The van der Waals surface area contributed by atoms with E-state index in [9.17, 15) is 13.2 Å². The number of fused-ring (bicyclic) bond motifs is 1. The molecular weight excluding hydrogens is 352 g/mol. The van der Waals surface area contributed by atoms with E-state index >= 15 is 0 Å². The standard InChI is InChI=1S/C19H22N2O4S/c1-13(2)21-26(23,24)17-6-4-16(5-7-17)20-19(22)12-14-3-8-18-15(11-14)9-10-25-18/h3-8,11,13,21H,9-10,12H2,1-2H3,(H,20,22). The summed E-state index contributed by atoms with van der Waals surface area (Å²) in [5, 5.41) is 2.79. The maximum absolute atomic E-state index is 12.2. The zero-order valence-electron chi connectivity index (χ0n) is 14.8. The third-order valence-corrected chi connectivity index (χ3v) is 5.63. The van der Waals surface area contributed by atoms with E-state index in [0.29, 0.717) is 12.3 Å². The molecule has 1 aliphatic rings. The molecule has 138 valence electrons. The summed E-state index contributed by atoms with van der Waals surface area (Å²) in [7, 11) is -3.53. The third-order valence-electron chi connectivity index (χ3n) is 3.96. The van der Waals surface area contributed by atoms with Gasteiger partial charge in [-0.3, -0.25) is 4.79 Å². The van der Waals surface area contributed by atoms with E-state index in [1.165, 1.54) is 12.1 Å². The van der Waals surface area contributed by atoms with Crippen molar-refractivity contribution < 1.29 is 17.9 Å². The first-order chi connectivity index (χ1) is 12.3. The molecule has 0 aliphatic carbocycles. The SMILES string of the molecule is CC(C)NS(=O)(=O)c1ccc(NC(=O)Cc2ccc3c(c2)CCO3)cc1. The summed E-state index contributed by atoms with van der Waals surface area (Å²) < 4.78 is 32.2. The molecule has 0 unspecified atom stereocenters. The first-order valence-electron chi connectivity index (χ1n) is 8.50. The molecule has 1 aliphatic heterocycles. The number of rotatable bonds is 6. The minimum Gasteiger partial charge on any atom is -0.493 e. The van der Waals surface area contributed by atoms with Crippen molar-refractivity contribution in [2.75, 3.05) is 11.9 Å². The normalized spacial score (nSPS) is 13.3. The van der Waals surface area contributed by atoms with E-state index < -0.39 is 10.0 Å². The minimum absolute atomic E-state index is 0.153. The van der Waals surface area contributed by atoms with Crippen LogP contribution in [-0.2, 0) is 27.7 Å². The number of hydrogen-bond acceptors (Lipinski definition) is 4. The fourth-order valence-corrected chi connectivity index (χ4v) is 4.09. The van der Waals surface area contributed by atoms with Crippen LogP contribution in [0, 0.1) is 0 Å². The monoisotopic (exact) mass is 374 g/mol. The number of carbonyl (C=O) groups excluding carboxylic acids is 1. The van der Waals surface area contributed by atoms with E-state index in [1.807, 2.05) is 18.2 Å². The molecule has 2 aromatic carbocycles. The number of ether oxygens (including phenoxy) is 1. The van der Waals surface area contributed by atoms with Crippen molar-refractivity contribution in [1.29, 1.82) is 0 Å². The molecule has 7 heteroatoms. The van der Waals surface area contributed by atoms with Crippen LogP contribution in [0.25, 0.3) is 0 Å². The molecule has 0 bridgehead atoms. The molecule has 26 heavy (non-hydrogen) atoms. The minimum atomic E-state index is -3.53. The predicted molar refractivity (Wildman–Crippen MR) is 99.9 cm³/mol. The molecule has 2 aromatic rings. The number of hydrogen-bond donors (Lipinski definition) is 2. The summed E-state index contributed by atoms with van der Waals surface area (Å²) in [6.45, 7) is 4.21. The van der Waals surface area contributed by atoms with Gasteiger partial charge in [0.05, 0.1) is 17.9 Å². The number of sulfonamides is 1. The van der Waals surface area contributed by atoms with Gasteiger partial charge in [0.1, 0.15) is 5.75 Å². The Morgan fingerprint density at radius 3 is 2.58 bits per heavy atom. The van der Waals surface area contributed by atoms with Crippen LogP contribution < -0.4 is 14.8 Å². The fourth-order valence-electron chi connectivity index (χ4n) is 2.84. The van der Waals surface area contributed by atoms with Crippen LogP contribution in [0.5, 0.6) is 5.75 Å². The number of carbonyl (C=O) groups is 1. The molecule has 0 radical (unpaired) electrons. The summed E-state index contributed by atoms with van der Waals surface area (Å²) >= 11 is 0. The van der Waals surface area contributed by atoms with Crippen LogP contribution >= 0.6 is 0 Å². The summed E-state index contributed by atoms with van der Waals surface area (Å²) in [5.74, 6) is 0.737. The van der Waals surface area contributed by atoms with Gasteiger partial charge in [-0.25, -0.2) is 13.1 Å². The lowest BCUT2D eigenvalue weighted by Gasteiger charge is -2.10. The van der Waals surface area contributed by atoms with E-state index in [1.54, 1.807) is 26.0 Å². The Morgan fingerprint density at radius 1 is 1.15 bits per heavy atom. The Morgan fingerprint density at radius 2 is 1.88 bits per heavy atom. The van der Waals surface area contributed by atoms with Gasteiger partial charge >= 0.3 is 0 Å². The number of nitrogens with one attached hydrogen (secondary N) is 2.